The molecule has 206 valence electrons. The van der Waals surface area contributed by atoms with Crippen LogP contribution in [0.5, 0.6) is 17.2 Å². The van der Waals surface area contributed by atoms with Gasteiger partial charge in [-0.2, -0.15) is 5.26 Å². The number of hydrogen-bond donors (Lipinski definition) is 0. The average Bonchev–Trinajstić information content (AvgIpc) is 2.89. The van der Waals surface area contributed by atoms with Gasteiger partial charge in [0.15, 0.2) is 0 Å². The molecule has 0 aliphatic heterocycles. The fourth-order valence-corrected chi connectivity index (χ4v) is 3.18. The first-order valence-corrected chi connectivity index (χ1v) is 11.9. The summed E-state index contributed by atoms with van der Waals surface area (Å²) in [5.41, 5.74) is 1.70. The molecule has 0 saturated heterocycles. The van der Waals surface area contributed by atoms with Crippen molar-refractivity contribution in [1.82, 2.24) is 4.90 Å². The second-order valence-corrected chi connectivity index (χ2v) is 7.78. The van der Waals surface area contributed by atoms with Crippen LogP contribution < -0.4 is 15.3 Å². The number of hydrogen-bond acceptors (Lipinski definition) is 8. The summed E-state index contributed by atoms with van der Waals surface area (Å²) < 4.78 is 0. The zero-order valence-electron chi connectivity index (χ0n) is 21.7. The first-order chi connectivity index (χ1) is 18.0. The Kier molecular flexibility index (Phi) is 18.8. The average molecular weight is 574 g/mol. The number of nitriles is 1. The number of aliphatic imine (C=N–C) groups is 3. The third-order valence-electron chi connectivity index (χ3n) is 5.08. The predicted molar refractivity (Wildman–Crippen MR) is 146 cm³/mol. The van der Waals surface area contributed by atoms with Gasteiger partial charge in [-0.15, -0.1) is 17.2 Å². The van der Waals surface area contributed by atoms with E-state index in [2.05, 4.69) is 19.9 Å². The zero-order chi connectivity index (χ0) is 26.7. The summed E-state index contributed by atoms with van der Waals surface area (Å²) in [7, 11) is 0. The molecule has 0 aliphatic rings. The van der Waals surface area contributed by atoms with Gasteiger partial charge in [-0.05, 0) is 16.7 Å². The van der Waals surface area contributed by atoms with Crippen LogP contribution in [-0.4, -0.2) is 68.3 Å². The van der Waals surface area contributed by atoms with Crippen molar-refractivity contribution in [3.63, 3.8) is 0 Å². The molecular formula is C29H32CoN5O4. The Morgan fingerprint density at radius 3 is 1.15 bits per heavy atom. The molecule has 9 nitrogen and oxygen atoms in total. The van der Waals surface area contributed by atoms with E-state index >= 15 is 0 Å². The minimum Gasteiger partial charge on any atom is -0.872 e. The van der Waals surface area contributed by atoms with Crippen LogP contribution in [0.4, 0.5) is 0 Å². The van der Waals surface area contributed by atoms with E-state index in [0.29, 0.717) is 56.0 Å². The minimum absolute atomic E-state index is 0. The molecule has 0 radical (unpaired) electrons. The molecule has 39 heavy (non-hydrogen) atoms. The summed E-state index contributed by atoms with van der Waals surface area (Å²) in [6.07, 6.45) is 4.81. The van der Waals surface area contributed by atoms with Crippen molar-refractivity contribution in [2.24, 2.45) is 15.0 Å². The van der Waals surface area contributed by atoms with E-state index in [1.54, 1.807) is 61.1 Å². The van der Waals surface area contributed by atoms with Crippen molar-refractivity contribution < 1.29 is 37.6 Å². The summed E-state index contributed by atoms with van der Waals surface area (Å²) in [4.78, 5) is 15.3. The summed E-state index contributed by atoms with van der Waals surface area (Å²) in [6.45, 7) is 4.99. The van der Waals surface area contributed by atoms with Crippen molar-refractivity contribution in [3.8, 4) is 23.3 Å². The molecule has 3 rings (SSSR count). The Balaban J connectivity index is 0.00000276. The van der Waals surface area contributed by atoms with E-state index in [0.717, 1.165) is 0 Å². The van der Waals surface area contributed by atoms with Crippen LogP contribution in [0.1, 0.15) is 23.6 Å². The van der Waals surface area contributed by atoms with Gasteiger partial charge in [-0.25, -0.2) is 0 Å². The Morgan fingerprint density at radius 2 is 0.897 bits per heavy atom. The molecule has 0 spiro atoms. The smallest absolute Gasteiger partial charge is 0.872 e. The maximum atomic E-state index is 11.8. The molecule has 2 N–H and O–H groups in total. The second-order valence-electron chi connectivity index (χ2n) is 7.78. The van der Waals surface area contributed by atoms with E-state index in [1.807, 2.05) is 18.2 Å². The van der Waals surface area contributed by atoms with Crippen LogP contribution in [0, 0.1) is 11.3 Å². The van der Waals surface area contributed by atoms with Crippen LogP contribution >= 0.6 is 0 Å². The molecule has 0 aliphatic carbocycles. The standard InChI is InChI=1S/C27H30N4O3.C2H3N.Co.H2O/c32-25-10-4-1-7-22(25)19-28-13-16-31(17-14-29-20-23-8-2-5-11-26(23)33)18-15-30-21-24-9-3-6-12-27(24)34;1-2-3;;/h1-12,19-21,32-34H,13-18H2;1H3;;1H2/q;;+3;/p-3. The van der Waals surface area contributed by atoms with Gasteiger partial charge < -0.3 is 20.8 Å². The predicted octanol–water partition coefficient (Wildman–Crippen LogP) is 1.57. The molecule has 0 saturated carbocycles. The monoisotopic (exact) mass is 573 g/mol. The fraction of sp³-hybridized carbons (Fsp3) is 0.241. The van der Waals surface area contributed by atoms with Gasteiger partial charge in [-0.3, -0.25) is 19.9 Å². The molecule has 0 bridgehead atoms. The van der Waals surface area contributed by atoms with Gasteiger partial charge in [0, 0.05) is 45.2 Å². The van der Waals surface area contributed by atoms with E-state index in [1.165, 1.54) is 25.1 Å². The third kappa shape index (κ3) is 13.9. The molecule has 0 aromatic heterocycles. The quantitative estimate of drug-likeness (QED) is 0.300. The second kappa shape index (κ2) is 21.0. The van der Waals surface area contributed by atoms with Crippen LogP contribution in [0.2, 0.25) is 0 Å². The summed E-state index contributed by atoms with van der Waals surface area (Å²) >= 11 is 0. The van der Waals surface area contributed by atoms with Gasteiger partial charge in [-0.1, -0.05) is 72.8 Å². The molecule has 3 aromatic carbocycles. The Labute approximate surface area is 240 Å². The SMILES string of the molecule is CC#N.O.[Co+3].[O-]c1ccccc1C=NCCN(CCN=Cc1ccccc1[O-])CCN=Cc1ccccc1[O-]. The number of rotatable bonds is 12. The van der Waals surface area contributed by atoms with Crippen molar-refractivity contribution in [1.29, 1.82) is 5.26 Å². The van der Waals surface area contributed by atoms with Gasteiger partial charge in [0.1, 0.15) is 0 Å². The summed E-state index contributed by atoms with van der Waals surface area (Å²) in [6, 6.07) is 22.1. The first-order valence-electron chi connectivity index (χ1n) is 11.9. The summed E-state index contributed by atoms with van der Waals surface area (Å²) in [5, 5.41) is 42.7. The fourth-order valence-electron chi connectivity index (χ4n) is 3.18. The maximum absolute atomic E-state index is 11.8. The van der Waals surface area contributed by atoms with Gasteiger partial charge in [0.2, 0.25) is 0 Å². The van der Waals surface area contributed by atoms with Crippen molar-refractivity contribution in [3.05, 3.63) is 89.5 Å². The normalized spacial score (nSPS) is 10.6. The van der Waals surface area contributed by atoms with E-state index in [4.69, 9.17) is 5.26 Å². The van der Waals surface area contributed by atoms with Crippen LogP contribution in [0.3, 0.4) is 0 Å². The largest absolute Gasteiger partial charge is 3.00 e. The molecular weight excluding hydrogens is 541 g/mol. The van der Waals surface area contributed by atoms with Gasteiger partial charge >= 0.3 is 16.8 Å². The van der Waals surface area contributed by atoms with E-state index < -0.39 is 0 Å². The Bertz CT molecular complexity index is 1090. The number of nitrogens with zero attached hydrogens (tertiary/aromatic N) is 5. The van der Waals surface area contributed by atoms with Gasteiger partial charge in [0.25, 0.3) is 0 Å². The number of benzene rings is 3. The summed E-state index contributed by atoms with van der Waals surface area (Å²) in [5.74, 6) is -0.155. The topological polar surface area (TPSA) is 165 Å². The molecule has 10 heteroatoms. The molecule has 0 fully saturated rings. The third-order valence-corrected chi connectivity index (χ3v) is 5.08. The van der Waals surface area contributed by atoms with Crippen molar-refractivity contribution >= 4 is 18.6 Å². The minimum atomic E-state index is -0.0518. The van der Waals surface area contributed by atoms with E-state index in [9.17, 15) is 15.3 Å². The van der Waals surface area contributed by atoms with Crippen LogP contribution in [0.25, 0.3) is 0 Å². The van der Waals surface area contributed by atoms with Gasteiger partial charge in [0.05, 0.1) is 25.7 Å². The molecule has 0 unspecified atom stereocenters. The van der Waals surface area contributed by atoms with E-state index in [-0.39, 0.29) is 39.5 Å². The van der Waals surface area contributed by atoms with Crippen LogP contribution in [0.15, 0.2) is 87.8 Å². The number of para-hydroxylation sites is 3. The zero-order valence-corrected chi connectivity index (χ0v) is 22.7. The molecule has 0 heterocycles. The maximum Gasteiger partial charge on any atom is 3.00 e. The van der Waals surface area contributed by atoms with Crippen molar-refractivity contribution in [2.75, 3.05) is 39.3 Å². The van der Waals surface area contributed by atoms with Crippen molar-refractivity contribution in [2.45, 2.75) is 6.92 Å². The first kappa shape index (κ1) is 35.0. The Morgan fingerprint density at radius 1 is 0.641 bits per heavy atom. The van der Waals surface area contributed by atoms with Crippen LogP contribution in [-0.2, 0) is 16.8 Å². The molecule has 0 atom stereocenters. The Hall–Kier alpha value is -4.01. The molecule has 0 amide bonds. The molecule has 3 aromatic rings.